The number of anilines is 2. The van der Waals surface area contributed by atoms with Crippen molar-refractivity contribution in [1.82, 2.24) is 15.8 Å². The fraction of sp³-hybridized carbons (Fsp3) is 0.400. The lowest BCUT2D eigenvalue weighted by Gasteiger charge is -2.25. The van der Waals surface area contributed by atoms with Gasteiger partial charge < -0.3 is 14.4 Å². The maximum Gasteiger partial charge on any atom is 0.277 e. The van der Waals surface area contributed by atoms with Gasteiger partial charge in [-0.05, 0) is 19.1 Å². The van der Waals surface area contributed by atoms with Crippen LogP contribution in [0.15, 0.2) is 24.3 Å². The van der Waals surface area contributed by atoms with Gasteiger partial charge >= 0.3 is 0 Å². The van der Waals surface area contributed by atoms with Crippen molar-refractivity contribution in [3.05, 3.63) is 34.8 Å². The molecule has 31 heavy (non-hydrogen) atoms. The van der Waals surface area contributed by atoms with Crippen molar-refractivity contribution in [2.24, 2.45) is 0 Å². The monoisotopic (exact) mass is 445 g/mol. The van der Waals surface area contributed by atoms with E-state index >= 15 is 0 Å². The van der Waals surface area contributed by atoms with Gasteiger partial charge in [-0.15, -0.1) is 0 Å². The SMILES string of the molecule is COc1cccc(N2C(=O)CC(NNC(=O)c3sc(N4CCOCC4)nc3C)C2=O)c1. The molecule has 0 bridgehead atoms. The summed E-state index contributed by atoms with van der Waals surface area (Å²) < 4.78 is 10.5. The Bertz CT molecular complexity index is 1000. The van der Waals surface area contributed by atoms with E-state index in [-0.39, 0.29) is 12.3 Å². The predicted octanol–water partition coefficient (Wildman–Crippen LogP) is 0.863. The highest BCUT2D eigenvalue weighted by Crippen LogP contribution is 2.28. The molecule has 2 aliphatic rings. The third kappa shape index (κ3) is 4.38. The van der Waals surface area contributed by atoms with Crippen LogP contribution in [0.4, 0.5) is 10.8 Å². The molecule has 10 nitrogen and oxygen atoms in total. The Hall–Kier alpha value is -3.02. The number of nitrogens with zero attached hydrogens (tertiary/aromatic N) is 3. The molecule has 2 N–H and O–H groups in total. The lowest BCUT2D eigenvalue weighted by molar-refractivity contribution is -0.121. The first-order chi connectivity index (χ1) is 15.0. The van der Waals surface area contributed by atoms with Crippen molar-refractivity contribution in [2.45, 2.75) is 19.4 Å². The maximum absolute atomic E-state index is 12.8. The molecule has 0 radical (unpaired) electrons. The van der Waals surface area contributed by atoms with Gasteiger partial charge in [-0.25, -0.2) is 15.3 Å². The Morgan fingerprint density at radius 1 is 1.29 bits per heavy atom. The van der Waals surface area contributed by atoms with E-state index in [9.17, 15) is 14.4 Å². The molecule has 3 amide bonds. The number of carbonyl (C=O) groups is 3. The van der Waals surface area contributed by atoms with Crippen LogP contribution in [0.25, 0.3) is 0 Å². The van der Waals surface area contributed by atoms with E-state index in [0.29, 0.717) is 35.2 Å². The quantitative estimate of drug-likeness (QED) is 0.497. The number of nitrogens with one attached hydrogen (secondary N) is 2. The van der Waals surface area contributed by atoms with Gasteiger partial charge in [-0.1, -0.05) is 17.4 Å². The van der Waals surface area contributed by atoms with Crippen LogP contribution in [0.3, 0.4) is 0 Å². The second-order valence-electron chi connectivity index (χ2n) is 7.13. The second kappa shape index (κ2) is 9.00. The Balaban J connectivity index is 1.40. The molecule has 1 aromatic heterocycles. The minimum Gasteiger partial charge on any atom is -0.497 e. The van der Waals surface area contributed by atoms with Crippen LogP contribution in [0.5, 0.6) is 5.75 Å². The number of morpholine rings is 1. The summed E-state index contributed by atoms with van der Waals surface area (Å²) in [7, 11) is 1.51. The van der Waals surface area contributed by atoms with Gasteiger partial charge in [0.15, 0.2) is 5.13 Å². The Morgan fingerprint density at radius 3 is 2.81 bits per heavy atom. The van der Waals surface area contributed by atoms with Crippen LogP contribution in [0.2, 0.25) is 0 Å². The largest absolute Gasteiger partial charge is 0.497 e. The molecular formula is C20H23N5O5S. The van der Waals surface area contributed by atoms with Crippen molar-refractivity contribution < 1.29 is 23.9 Å². The third-order valence-electron chi connectivity index (χ3n) is 5.09. The molecule has 0 saturated carbocycles. The summed E-state index contributed by atoms with van der Waals surface area (Å²) >= 11 is 1.29. The zero-order valence-corrected chi connectivity index (χ0v) is 18.0. The van der Waals surface area contributed by atoms with Crippen LogP contribution >= 0.6 is 11.3 Å². The Morgan fingerprint density at radius 2 is 2.06 bits per heavy atom. The van der Waals surface area contributed by atoms with Crippen LogP contribution < -0.4 is 25.4 Å². The molecule has 2 fully saturated rings. The number of aryl methyl sites for hydroxylation is 1. The zero-order chi connectivity index (χ0) is 22.0. The number of methoxy groups -OCH3 is 1. The Kier molecular flexibility index (Phi) is 6.16. The summed E-state index contributed by atoms with van der Waals surface area (Å²) in [4.78, 5) is 46.0. The highest BCUT2D eigenvalue weighted by Gasteiger charge is 2.40. The fourth-order valence-electron chi connectivity index (χ4n) is 3.46. The molecular weight excluding hydrogens is 422 g/mol. The molecule has 3 heterocycles. The number of benzene rings is 1. The number of rotatable bonds is 6. The summed E-state index contributed by atoms with van der Waals surface area (Å²) in [5.74, 6) is -0.642. The maximum atomic E-state index is 12.8. The lowest BCUT2D eigenvalue weighted by Crippen LogP contribution is -2.48. The lowest BCUT2D eigenvalue weighted by atomic mass is 10.2. The second-order valence-corrected chi connectivity index (χ2v) is 8.11. The normalized spacial score (nSPS) is 19.1. The third-order valence-corrected chi connectivity index (χ3v) is 6.31. The molecule has 2 saturated heterocycles. The van der Waals surface area contributed by atoms with Gasteiger partial charge in [-0.3, -0.25) is 19.8 Å². The summed E-state index contributed by atoms with van der Waals surface area (Å²) in [5, 5.41) is 0.766. The molecule has 1 atom stereocenters. The first kappa shape index (κ1) is 21.2. The number of hydrogen-bond donors (Lipinski definition) is 2. The summed E-state index contributed by atoms with van der Waals surface area (Å²) in [5.41, 5.74) is 6.30. The molecule has 11 heteroatoms. The van der Waals surface area contributed by atoms with Gasteiger partial charge in [0.25, 0.3) is 11.8 Å². The molecule has 1 unspecified atom stereocenters. The van der Waals surface area contributed by atoms with E-state index < -0.39 is 17.9 Å². The summed E-state index contributed by atoms with van der Waals surface area (Å²) in [6, 6.07) is 5.86. The van der Waals surface area contributed by atoms with Gasteiger partial charge in [0.05, 0.1) is 38.1 Å². The van der Waals surface area contributed by atoms with Crippen molar-refractivity contribution >= 4 is 39.9 Å². The van der Waals surface area contributed by atoms with E-state index in [1.54, 1.807) is 31.2 Å². The molecule has 1 aromatic carbocycles. The first-order valence-electron chi connectivity index (χ1n) is 9.84. The van der Waals surface area contributed by atoms with Gasteiger partial charge in [-0.2, -0.15) is 0 Å². The average molecular weight is 446 g/mol. The average Bonchev–Trinajstić information content (AvgIpc) is 3.31. The van der Waals surface area contributed by atoms with Gasteiger partial charge in [0.2, 0.25) is 5.91 Å². The number of thiazole rings is 1. The minimum atomic E-state index is -0.852. The van der Waals surface area contributed by atoms with E-state index in [2.05, 4.69) is 20.7 Å². The molecule has 0 aliphatic carbocycles. The Labute approximate surface area is 183 Å². The van der Waals surface area contributed by atoms with E-state index in [0.717, 1.165) is 23.1 Å². The standard InChI is InChI=1S/C20H23N5O5S/c1-12-17(31-20(21-12)24-6-8-30-9-7-24)18(27)23-22-15-11-16(26)25(19(15)28)13-4-3-5-14(10-13)29-2/h3-5,10,15,22H,6-9,11H2,1-2H3,(H,23,27). The molecule has 4 rings (SSSR count). The van der Waals surface area contributed by atoms with E-state index in [1.807, 2.05) is 0 Å². The molecule has 164 valence electrons. The van der Waals surface area contributed by atoms with Crippen molar-refractivity contribution in [2.75, 3.05) is 43.2 Å². The van der Waals surface area contributed by atoms with Crippen molar-refractivity contribution in [3.63, 3.8) is 0 Å². The number of imide groups is 1. The van der Waals surface area contributed by atoms with Crippen molar-refractivity contribution in [1.29, 1.82) is 0 Å². The molecule has 2 aromatic rings. The number of amides is 3. The predicted molar refractivity (Wildman–Crippen MR) is 114 cm³/mol. The highest BCUT2D eigenvalue weighted by molar-refractivity contribution is 7.17. The van der Waals surface area contributed by atoms with Crippen LogP contribution in [-0.2, 0) is 14.3 Å². The van der Waals surface area contributed by atoms with Gasteiger partial charge in [0, 0.05) is 19.2 Å². The van der Waals surface area contributed by atoms with Crippen LogP contribution in [0, 0.1) is 6.92 Å². The number of carbonyl (C=O) groups excluding carboxylic acids is 3. The number of hydrazine groups is 1. The number of hydrogen-bond acceptors (Lipinski definition) is 9. The smallest absolute Gasteiger partial charge is 0.277 e. The molecule has 2 aliphatic heterocycles. The number of aromatic nitrogens is 1. The van der Waals surface area contributed by atoms with Gasteiger partial charge in [0.1, 0.15) is 16.7 Å². The van der Waals surface area contributed by atoms with Crippen molar-refractivity contribution in [3.8, 4) is 5.75 Å². The topological polar surface area (TPSA) is 113 Å². The number of ether oxygens (including phenoxy) is 2. The first-order valence-corrected chi connectivity index (χ1v) is 10.7. The minimum absolute atomic E-state index is 0.0585. The van der Waals surface area contributed by atoms with Crippen LogP contribution in [0.1, 0.15) is 21.8 Å². The highest BCUT2D eigenvalue weighted by atomic mass is 32.1. The van der Waals surface area contributed by atoms with E-state index in [1.165, 1.54) is 18.4 Å². The van der Waals surface area contributed by atoms with E-state index in [4.69, 9.17) is 9.47 Å². The summed E-state index contributed by atoms with van der Waals surface area (Å²) in [6.07, 6.45) is -0.0585. The zero-order valence-electron chi connectivity index (χ0n) is 17.2. The van der Waals surface area contributed by atoms with Crippen LogP contribution in [-0.4, -0.2) is 62.2 Å². The summed E-state index contributed by atoms with van der Waals surface area (Å²) in [6.45, 7) is 4.48. The fourth-order valence-corrected chi connectivity index (χ4v) is 4.47. The molecule has 0 spiro atoms.